The zero-order valence-corrected chi connectivity index (χ0v) is 13.2. The first kappa shape index (κ1) is 14.9. The molecule has 2 aromatic rings. The Bertz CT molecular complexity index is 758. The van der Waals surface area contributed by atoms with Gasteiger partial charge in [0.05, 0.1) is 24.0 Å². The fourth-order valence-corrected chi connectivity index (χ4v) is 3.50. The molecule has 7 nitrogen and oxygen atoms in total. The zero-order chi connectivity index (χ0) is 16.5. The summed E-state index contributed by atoms with van der Waals surface area (Å²) >= 11 is 0. The summed E-state index contributed by atoms with van der Waals surface area (Å²) < 4.78 is 0. The number of aromatic nitrogens is 2. The van der Waals surface area contributed by atoms with E-state index in [-0.39, 0.29) is 30.9 Å². The number of fused-ring (bicyclic) bond motifs is 1. The average molecular weight is 325 g/mol. The monoisotopic (exact) mass is 325 g/mol. The molecule has 1 aromatic carbocycles. The lowest BCUT2D eigenvalue weighted by molar-refractivity contribution is -0.122. The minimum absolute atomic E-state index is 0.0595. The largest absolute Gasteiger partial charge is 0.347 e. The standard InChI is InChI=1S/C17H19N5O2/c23-15-10-22(13-5-2-1-4-12(13)20-15)16(24)11-21-9-3-6-14(21)17-18-7-8-19-17/h1-2,4-5,7-8,14H,3,6,9-11H2,(H,18,19)(H,20,23). The van der Waals surface area contributed by atoms with Gasteiger partial charge in [0.1, 0.15) is 12.4 Å². The summed E-state index contributed by atoms with van der Waals surface area (Å²) in [6.45, 7) is 1.21. The summed E-state index contributed by atoms with van der Waals surface area (Å²) in [4.78, 5) is 35.9. The van der Waals surface area contributed by atoms with Gasteiger partial charge in [-0.1, -0.05) is 12.1 Å². The molecule has 0 radical (unpaired) electrons. The van der Waals surface area contributed by atoms with Crippen LogP contribution in [0.25, 0.3) is 0 Å². The molecular formula is C17H19N5O2. The van der Waals surface area contributed by atoms with E-state index in [1.165, 1.54) is 0 Å². The number of aromatic amines is 1. The molecule has 1 fully saturated rings. The van der Waals surface area contributed by atoms with E-state index in [0.29, 0.717) is 5.69 Å². The summed E-state index contributed by atoms with van der Waals surface area (Å²) in [5.74, 6) is 0.680. The van der Waals surface area contributed by atoms with E-state index >= 15 is 0 Å². The number of anilines is 2. The van der Waals surface area contributed by atoms with Crippen molar-refractivity contribution in [3.05, 3.63) is 42.5 Å². The summed E-state index contributed by atoms with van der Waals surface area (Å²) in [6, 6.07) is 7.53. The van der Waals surface area contributed by atoms with E-state index in [9.17, 15) is 9.59 Å². The van der Waals surface area contributed by atoms with Gasteiger partial charge in [-0.05, 0) is 31.5 Å². The molecule has 2 aliphatic heterocycles. The molecule has 0 saturated carbocycles. The molecule has 2 aliphatic rings. The van der Waals surface area contributed by atoms with E-state index in [4.69, 9.17) is 0 Å². The van der Waals surface area contributed by atoms with Crippen LogP contribution in [-0.2, 0) is 9.59 Å². The number of rotatable bonds is 3. The Kier molecular flexibility index (Phi) is 3.78. The Labute approximate surface area is 139 Å². The van der Waals surface area contributed by atoms with Crippen molar-refractivity contribution in [1.29, 1.82) is 0 Å². The number of carbonyl (C=O) groups is 2. The van der Waals surface area contributed by atoms with E-state index in [0.717, 1.165) is 30.9 Å². The van der Waals surface area contributed by atoms with Gasteiger partial charge in [0.15, 0.2) is 0 Å². The molecule has 0 bridgehead atoms. The summed E-state index contributed by atoms with van der Waals surface area (Å²) in [5, 5.41) is 2.81. The van der Waals surface area contributed by atoms with Gasteiger partial charge in [0.2, 0.25) is 11.8 Å². The zero-order valence-electron chi connectivity index (χ0n) is 13.2. The van der Waals surface area contributed by atoms with Crippen LogP contribution in [0, 0.1) is 0 Å². The maximum atomic E-state index is 12.9. The van der Waals surface area contributed by atoms with Crippen LogP contribution in [0.5, 0.6) is 0 Å². The second kappa shape index (κ2) is 6.09. The molecule has 2 N–H and O–H groups in total. The average Bonchev–Trinajstić information content (AvgIpc) is 3.25. The van der Waals surface area contributed by atoms with Crippen molar-refractivity contribution in [3.8, 4) is 0 Å². The molecule has 2 amide bonds. The van der Waals surface area contributed by atoms with Crippen molar-refractivity contribution in [3.63, 3.8) is 0 Å². The fourth-order valence-electron chi connectivity index (χ4n) is 3.50. The van der Waals surface area contributed by atoms with Gasteiger partial charge in [0, 0.05) is 12.4 Å². The van der Waals surface area contributed by atoms with Gasteiger partial charge < -0.3 is 10.3 Å². The van der Waals surface area contributed by atoms with Crippen LogP contribution in [0.4, 0.5) is 11.4 Å². The summed E-state index contributed by atoms with van der Waals surface area (Å²) in [7, 11) is 0. The van der Waals surface area contributed by atoms with Crippen LogP contribution < -0.4 is 10.2 Å². The first-order valence-corrected chi connectivity index (χ1v) is 8.15. The normalized spacial score (nSPS) is 20.8. The Morgan fingerprint density at radius 2 is 2.21 bits per heavy atom. The van der Waals surface area contributed by atoms with Crippen LogP contribution in [0.3, 0.4) is 0 Å². The van der Waals surface area contributed by atoms with Gasteiger partial charge in [0.25, 0.3) is 0 Å². The molecule has 0 aliphatic carbocycles. The molecule has 1 aromatic heterocycles. The number of hydrogen-bond acceptors (Lipinski definition) is 4. The van der Waals surface area contributed by atoms with Gasteiger partial charge in [-0.2, -0.15) is 0 Å². The van der Waals surface area contributed by atoms with Crippen LogP contribution >= 0.6 is 0 Å². The maximum absolute atomic E-state index is 12.9. The molecule has 1 atom stereocenters. The van der Waals surface area contributed by atoms with Gasteiger partial charge in [-0.15, -0.1) is 0 Å². The first-order chi connectivity index (χ1) is 11.7. The predicted octanol–water partition coefficient (Wildman–Crippen LogP) is 1.53. The van der Waals surface area contributed by atoms with Crippen LogP contribution in [0.2, 0.25) is 0 Å². The summed E-state index contributed by atoms with van der Waals surface area (Å²) in [5.41, 5.74) is 1.45. The number of nitrogens with one attached hydrogen (secondary N) is 2. The number of benzene rings is 1. The molecular weight excluding hydrogens is 306 g/mol. The molecule has 1 unspecified atom stereocenters. The third-order valence-corrected chi connectivity index (χ3v) is 4.61. The summed E-state index contributed by atoms with van der Waals surface area (Å²) in [6.07, 6.45) is 5.56. The number of imidazole rings is 1. The van der Waals surface area contributed by atoms with E-state index in [1.807, 2.05) is 24.3 Å². The molecule has 7 heteroatoms. The van der Waals surface area contributed by atoms with Crippen molar-refractivity contribution < 1.29 is 9.59 Å². The van der Waals surface area contributed by atoms with Crippen molar-refractivity contribution in [2.45, 2.75) is 18.9 Å². The molecule has 124 valence electrons. The van der Waals surface area contributed by atoms with Gasteiger partial charge in [-0.3, -0.25) is 19.4 Å². The van der Waals surface area contributed by atoms with Gasteiger partial charge in [-0.25, -0.2) is 4.98 Å². The number of amides is 2. The van der Waals surface area contributed by atoms with E-state index in [1.54, 1.807) is 17.3 Å². The highest BCUT2D eigenvalue weighted by Gasteiger charge is 2.33. The third kappa shape index (κ3) is 2.67. The van der Waals surface area contributed by atoms with Crippen molar-refractivity contribution in [2.75, 3.05) is 29.9 Å². The second-order valence-electron chi connectivity index (χ2n) is 6.15. The fraction of sp³-hybridized carbons (Fsp3) is 0.353. The number of H-pyrrole nitrogens is 1. The highest BCUT2D eigenvalue weighted by Crippen LogP contribution is 2.32. The minimum Gasteiger partial charge on any atom is -0.347 e. The number of carbonyl (C=O) groups excluding carboxylic acids is 2. The van der Waals surface area contributed by atoms with Crippen molar-refractivity contribution >= 4 is 23.2 Å². The highest BCUT2D eigenvalue weighted by molar-refractivity contribution is 6.10. The molecule has 24 heavy (non-hydrogen) atoms. The minimum atomic E-state index is -0.161. The second-order valence-corrected chi connectivity index (χ2v) is 6.15. The SMILES string of the molecule is O=C1CN(C(=O)CN2CCCC2c2ncc[nH]2)c2ccccc2N1. The first-order valence-electron chi connectivity index (χ1n) is 8.15. The van der Waals surface area contributed by atoms with E-state index < -0.39 is 0 Å². The lowest BCUT2D eigenvalue weighted by Crippen LogP contribution is -2.46. The lowest BCUT2D eigenvalue weighted by atomic mass is 10.2. The van der Waals surface area contributed by atoms with Crippen molar-refractivity contribution in [2.24, 2.45) is 0 Å². The Morgan fingerprint density at radius 3 is 3.04 bits per heavy atom. The maximum Gasteiger partial charge on any atom is 0.244 e. The smallest absolute Gasteiger partial charge is 0.244 e. The molecule has 3 heterocycles. The molecule has 0 spiro atoms. The number of hydrogen-bond donors (Lipinski definition) is 2. The third-order valence-electron chi connectivity index (χ3n) is 4.61. The highest BCUT2D eigenvalue weighted by atomic mass is 16.2. The van der Waals surface area contributed by atoms with Crippen LogP contribution in [-0.4, -0.2) is 46.3 Å². The van der Waals surface area contributed by atoms with E-state index in [2.05, 4.69) is 20.2 Å². The molecule has 4 rings (SSSR count). The molecule has 1 saturated heterocycles. The Balaban J connectivity index is 1.53. The van der Waals surface area contributed by atoms with Crippen LogP contribution in [0.1, 0.15) is 24.7 Å². The van der Waals surface area contributed by atoms with Gasteiger partial charge >= 0.3 is 0 Å². The number of para-hydroxylation sites is 2. The Morgan fingerprint density at radius 1 is 1.33 bits per heavy atom. The number of likely N-dealkylation sites (tertiary alicyclic amines) is 1. The predicted molar refractivity (Wildman–Crippen MR) is 89.6 cm³/mol. The topological polar surface area (TPSA) is 81.3 Å². The lowest BCUT2D eigenvalue weighted by Gasteiger charge is -2.31. The number of nitrogens with zero attached hydrogens (tertiary/aromatic N) is 3. The van der Waals surface area contributed by atoms with Crippen LogP contribution in [0.15, 0.2) is 36.7 Å². The Hall–Kier alpha value is -2.67. The van der Waals surface area contributed by atoms with Crippen molar-refractivity contribution in [1.82, 2.24) is 14.9 Å². The quantitative estimate of drug-likeness (QED) is 0.897.